The van der Waals surface area contributed by atoms with Crippen LogP contribution >= 0.6 is 0 Å². The molecule has 0 bridgehead atoms. The van der Waals surface area contributed by atoms with Gasteiger partial charge in [0.15, 0.2) is 0 Å². The van der Waals surface area contributed by atoms with E-state index >= 15 is 0 Å². The molecule has 0 saturated heterocycles. The molecule has 0 spiro atoms. The summed E-state index contributed by atoms with van der Waals surface area (Å²) in [5, 5.41) is 0. The Hall–Kier alpha value is -5.37. The lowest BCUT2D eigenvalue weighted by molar-refractivity contribution is -0.145. The molecule has 204 valence electrons. The number of halogens is 1. The van der Waals surface area contributed by atoms with Crippen molar-refractivity contribution in [2.45, 2.75) is 19.5 Å². The number of anilines is 1. The van der Waals surface area contributed by atoms with Gasteiger partial charge in [-0.15, -0.1) is 0 Å². The standard InChI is InChI=1S/C33H24FNO6/c1-33(2,34)32(39)41-28-17-11-25(12-18-28)31(38)40-27-15-9-24(10-16-27)22-5-3-21(4-6-22)23-7-13-26(14-8-23)35-29(36)19-20-30(35)37/h3-20H,1-2H3. The molecular weight excluding hydrogens is 525 g/mol. The van der Waals surface area contributed by atoms with Crippen LogP contribution in [0.1, 0.15) is 24.2 Å². The molecule has 1 aliphatic heterocycles. The summed E-state index contributed by atoms with van der Waals surface area (Å²) in [4.78, 5) is 49.1. The smallest absolute Gasteiger partial charge is 0.348 e. The van der Waals surface area contributed by atoms with Crippen molar-refractivity contribution in [3.63, 3.8) is 0 Å². The lowest BCUT2D eigenvalue weighted by Crippen LogP contribution is -2.30. The summed E-state index contributed by atoms with van der Waals surface area (Å²) in [6.07, 6.45) is 2.51. The van der Waals surface area contributed by atoms with Crippen LogP contribution in [0.5, 0.6) is 11.5 Å². The molecule has 0 aliphatic carbocycles. The molecule has 5 rings (SSSR count). The third-order valence-corrected chi connectivity index (χ3v) is 6.34. The zero-order valence-corrected chi connectivity index (χ0v) is 22.2. The fourth-order valence-corrected chi connectivity index (χ4v) is 4.08. The van der Waals surface area contributed by atoms with Crippen LogP contribution in [0.25, 0.3) is 22.3 Å². The summed E-state index contributed by atoms with van der Waals surface area (Å²) in [5.41, 5.74) is 2.43. The number of esters is 2. The fraction of sp³-hybridized carbons (Fsp3) is 0.0909. The maximum Gasteiger partial charge on any atom is 0.348 e. The van der Waals surface area contributed by atoms with E-state index in [4.69, 9.17) is 9.47 Å². The molecule has 0 fully saturated rings. The minimum absolute atomic E-state index is 0.122. The number of hydrogen-bond acceptors (Lipinski definition) is 6. The van der Waals surface area contributed by atoms with Crippen LogP contribution < -0.4 is 14.4 Å². The van der Waals surface area contributed by atoms with Gasteiger partial charge in [0.1, 0.15) is 11.5 Å². The molecule has 2 amide bonds. The van der Waals surface area contributed by atoms with Gasteiger partial charge in [0.25, 0.3) is 11.8 Å². The van der Waals surface area contributed by atoms with Gasteiger partial charge < -0.3 is 9.47 Å². The van der Waals surface area contributed by atoms with E-state index in [0.717, 1.165) is 41.0 Å². The minimum Gasteiger partial charge on any atom is -0.424 e. The monoisotopic (exact) mass is 549 g/mol. The summed E-state index contributed by atoms with van der Waals surface area (Å²) in [7, 11) is 0. The van der Waals surface area contributed by atoms with Gasteiger partial charge in [-0.2, -0.15) is 0 Å². The largest absolute Gasteiger partial charge is 0.424 e. The van der Waals surface area contributed by atoms with Crippen molar-refractivity contribution in [2.75, 3.05) is 4.90 Å². The number of amides is 2. The molecule has 0 saturated carbocycles. The molecule has 0 aromatic heterocycles. The van der Waals surface area contributed by atoms with E-state index in [2.05, 4.69) is 0 Å². The summed E-state index contributed by atoms with van der Waals surface area (Å²) in [6, 6.07) is 27.8. The van der Waals surface area contributed by atoms with E-state index in [-0.39, 0.29) is 23.1 Å². The van der Waals surface area contributed by atoms with Gasteiger partial charge in [0.05, 0.1) is 11.3 Å². The molecule has 8 heteroatoms. The van der Waals surface area contributed by atoms with Crippen LogP contribution in [0.4, 0.5) is 10.1 Å². The zero-order valence-electron chi connectivity index (χ0n) is 22.2. The average molecular weight is 550 g/mol. The topological polar surface area (TPSA) is 90.0 Å². The number of hydrogen-bond donors (Lipinski definition) is 0. The average Bonchev–Trinajstić information content (AvgIpc) is 3.31. The minimum atomic E-state index is -2.13. The maximum absolute atomic E-state index is 13.7. The Kier molecular flexibility index (Phi) is 7.31. The third-order valence-electron chi connectivity index (χ3n) is 6.34. The molecule has 41 heavy (non-hydrogen) atoms. The second kappa shape index (κ2) is 11.0. The zero-order chi connectivity index (χ0) is 29.1. The highest BCUT2D eigenvalue weighted by Gasteiger charge is 2.29. The lowest BCUT2D eigenvalue weighted by atomic mass is 10.00. The number of imide groups is 1. The summed E-state index contributed by atoms with van der Waals surface area (Å²) in [5.74, 6) is -1.85. The van der Waals surface area contributed by atoms with E-state index in [0.29, 0.717) is 11.4 Å². The van der Waals surface area contributed by atoms with E-state index in [1.165, 1.54) is 36.4 Å². The molecule has 4 aromatic carbocycles. The Morgan fingerprint density at radius 2 is 1.00 bits per heavy atom. The normalized spacial score (nSPS) is 12.9. The number of nitrogens with zero attached hydrogens (tertiary/aromatic N) is 1. The Morgan fingerprint density at radius 3 is 1.46 bits per heavy atom. The predicted molar refractivity (Wildman–Crippen MR) is 151 cm³/mol. The van der Waals surface area contributed by atoms with Crippen molar-refractivity contribution >= 4 is 29.4 Å². The Morgan fingerprint density at radius 1 is 0.610 bits per heavy atom. The first kappa shape index (κ1) is 27.2. The van der Waals surface area contributed by atoms with Crippen molar-refractivity contribution in [3.05, 3.63) is 115 Å². The Balaban J connectivity index is 1.20. The van der Waals surface area contributed by atoms with Crippen LogP contribution in [0, 0.1) is 0 Å². The van der Waals surface area contributed by atoms with Crippen molar-refractivity contribution in [2.24, 2.45) is 0 Å². The second-order valence-corrected chi connectivity index (χ2v) is 9.77. The van der Waals surface area contributed by atoms with E-state index < -0.39 is 17.6 Å². The summed E-state index contributed by atoms with van der Waals surface area (Å²) >= 11 is 0. The quantitative estimate of drug-likeness (QED) is 0.152. The van der Waals surface area contributed by atoms with Crippen molar-refractivity contribution in [1.82, 2.24) is 0 Å². The van der Waals surface area contributed by atoms with E-state index in [1.807, 2.05) is 48.5 Å². The number of carbonyl (C=O) groups excluding carboxylic acids is 4. The predicted octanol–water partition coefficient (Wildman–Crippen LogP) is 6.32. The number of benzene rings is 4. The van der Waals surface area contributed by atoms with E-state index in [9.17, 15) is 23.6 Å². The highest BCUT2D eigenvalue weighted by atomic mass is 19.1. The summed E-state index contributed by atoms with van der Waals surface area (Å²) < 4.78 is 24.1. The van der Waals surface area contributed by atoms with Gasteiger partial charge in [0.2, 0.25) is 5.67 Å². The Labute approximate surface area is 235 Å². The number of alkyl halides is 1. The van der Waals surface area contributed by atoms with Crippen molar-refractivity contribution in [3.8, 4) is 33.8 Å². The van der Waals surface area contributed by atoms with Crippen LogP contribution in [-0.2, 0) is 14.4 Å². The number of carbonyl (C=O) groups is 4. The fourth-order valence-electron chi connectivity index (χ4n) is 4.08. The van der Waals surface area contributed by atoms with Gasteiger partial charge in [-0.1, -0.05) is 48.5 Å². The van der Waals surface area contributed by atoms with Crippen LogP contribution in [0.2, 0.25) is 0 Å². The van der Waals surface area contributed by atoms with Gasteiger partial charge in [-0.05, 0) is 84.6 Å². The van der Waals surface area contributed by atoms with Crippen LogP contribution in [0.15, 0.2) is 109 Å². The first-order valence-corrected chi connectivity index (χ1v) is 12.7. The maximum atomic E-state index is 13.7. The second-order valence-electron chi connectivity index (χ2n) is 9.77. The van der Waals surface area contributed by atoms with E-state index in [1.54, 1.807) is 24.3 Å². The molecule has 1 heterocycles. The van der Waals surface area contributed by atoms with Gasteiger partial charge in [-0.25, -0.2) is 18.9 Å². The van der Waals surface area contributed by atoms with Gasteiger partial charge >= 0.3 is 11.9 Å². The molecule has 0 atom stereocenters. The van der Waals surface area contributed by atoms with Crippen molar-refractivity contribution < 1.29 is 33.0 Å². The molecule has 4 aromatic rings. The van der Waals surface area contributed by atoms with Crippen LogP contribution in [-0.4, -0.2) is 29.4 Å². The van der Waals surface area contributed by atoms with Gasteiger partial charge in [0, 0.05) is 12.2 Å². The first-order chi connectivity index (χ1) is 19.6. The molecular formula is C33H24FNO6. The summed E-state index contributed by atoms with van der Waals surface area (Å²) in [6.45, 7) is 2.21. The first-order valence-electron chi connectivity index (χ1n) is 12.7. The van der Waals surface area contributed by atoms with Crippen molar-refractivity contribution in [1.29, 1.82) is 0 Å². The number of ether oxygens (including phenoxy) is 2. The highest BCUT2D eigenvalue weighted by Crippen LogP contribution is 2.29. The molecule has 7 nitrogen and oxygen atoms in total. The molecule has 0 N–H and O–H groups in total. The lowest BCUT2D eigenvalue weighted by Gasteiger charge is -2.14. The third kappa shape index (κ3) is 6.12. The highest BCUT2D eigenvalue weighted by molar-refractivity contribution is 6.28. The molecule has 0 unspecified atom stereocenters. The molecule has 0 radical (unpaired) electrons. The Bertz CT molecular complexity index is 1630. The van der Waals surface area contributed by atoms with Gasteiger partial charge in [-0.3, -0.25) is 9.59 Å². The molecule has 1 aliphatic rings. The van der Waals surface area contributed by atoms with Crippen LogP contribution in [0.3, 0.4) is 0 Å². The SMILES string of the molecule is CC(C)(F)C(=O)Oc1ccc(C(=O)Oc2ccc(-c3ccc(-c4ccc(N5C(=O)C=CC5=O)cc4)cc3)cc2)cc1. The number of rotatable bonds is 7.